The van der Waals surface area contributed by atoms with Crippen LogP contribution in [0.2, 0.25) is 10.0 Å². The molecule has 0 atom stereocenters. The first kappa shape index (κ1) is 18.3. The minimum absolute atomic E-state index is 0.357. The summed E-state index contributed by atoms with van der Waals surface area (Å²) in [7, 11) is 3.33. The number of hydrogen-bond donors (Lipinski definition) is 1. The largest absolute Gasteiger partial charge is 0.493 e. The summed E-state index contributed by atoms with van der Waals surface area (Å²) in [6.07, 6.45) is 0. The van der Waals surface area contributed by atoms with E-state index in [2.05, 4.69) is 20.8 Å². The third kappa shape index (κ3) is 4.36. The van der Waals surface area contributed by atoms with Gasteiger partial charge in [0.1, 0.15) is 6.61 Å². The zero-order valence-electron chi connectivity index (χ0n) is 14.2. The molecule has 9 heteroatoms. The Hall–Kier alpha value is -2.51. The molecule has 7 nitrogen and oxygen atoms in total. The second kappa shape index (κ2) is 8.25. The van der Waals surface area contributed by atoms with E-state index in [-0.39, 0.29) is 0 Å². The van der Waals surface area contributed by atoms with E-state index in [0.29, 0.717) is 40.6 Å². The van der Waals surface area contributed by atoms with E-state index in [1.54, 1.807) is 18.8 Å². The molecule has 136 valence electrons. The van der Waals surface area contributed by atoms with Crippen LogP contribution in [-0.2, 0) is 20.2 Å². The minimum Gasteiger partial charge on any atom is -0.493 e. The number of benzene rings is 2. The topological polar surface area (TPSA) is 74.1 Å². The monoisotopic (exact) mass is 393 g/mol. The summed E-state index contributed by atoms with van der Waals surface area (Å²) in [5, 5.41) is 15.5. The summed E-state index contributed by atoms with van der Waals surface area (Å²) < 4.78 is 12.8. The van der Waals surface area contributed by atoms with Crippen molar-refractivity contribution in [1.82, 2.24) is 20.2 Å². The second-order valence-electron chi connectivity index (χ2n) is 5.50. The Bertz CT molecular complexity index is 883. The van der Waals surface area contributed by atoms with Crippen LogP contribution in [0.5, 0.6) is 11.5 Å². The van der Waals surface area contributed by atoms with Crippen LogP contribution in [0.25, 0.3) is 0 Å². The molecule has 0 unspecified atom stereocenters. The Labute approximate surface area is 160 Å². The molecule has 3 aromatic rings. The second-order valence-corrected chi connectivity index (χ2v) is 6.35. The van der Waals surface area contributed by atoms with E-state index in [4.69, 9.17) is 32.7 Å². The fourth-order valence-electron chi connectivity index (χ4n) is 2.31. The van der Waals surface area contributed by atoms with Gasteiger partial charge in [0.2, 0.25) is 5.95 Å². The van der Waals surface area contributed by atoms with Crippen molar-refractivity contribution in [2.24, 2.45) is 7.05 Å². The lowest BCUT2D eigenvalue weighted by Gasteiger charge is -2.14. The van der Waals surface area contributed by atoms with Crippen LogP contribution in [0.3, 0.4) is 0 Å². The standard InChI is InChI=1S/C17H17Cl2N5O2/c1-24-17(21-22-23-24)20-9-12-7-14(19)16(15(8-12)25-2)26-10-11-3-5-13(18)6-4-11/h3-8H,9-10H2,1-2H3,(H,20,21,23). The SMILES string of the molecule is COc1cc(CNc2nnnn2C)cc(Cl)c1OCc1ccc(Cl)cc1. The van der Waals surface area contributed by atoms with Crippen molar-refractivity contribution >= 4 is 29.2 Å². The first-order chi connectivity index (χ1) is 12.6. The van der Waals surface area contributed by atoms with Crippen LogP contribution in [0.15, 0.2) is 36.4 Å². The van der Waals surface area contributed by atoms with Gasteiger partial charge in [0.15, 0.2) is 11.5 Å². The predicted octanol–water partition coefficient (Wildman–Crippen LogP) is 3.72. The first-order valence-electron chi connectivity index (χ1n) is 7.76. The fourth-order valence-corrected chi connectivity index (χ4v) is 2.73. The smallest absolute Gasteiger partial charge is 0.242 e. The number of nitrogens with one attached hydrogen (secondary N) is 1. The number of methoxy groups -OCH3 is 1. The highest BCUT2D eigenvalue weighted by Crippen LogP contribution is 2.37. The Morgan fingerprint density at radius 3 is 2.54 bits per heavy atom. The molecule has 0 spiro atoms. The lowest BCUT2D eigenvalue weighted by atomic mass is 10.2. The Balaban J connectivity index is 1.72. The summed E-state index contributed by atoms with van der Waals surface area (Å²) in [5.41, 5.74) is 1.89. The molecule has 1 N–H and O–H groups in total. The maximum atomic E-state index is 6.40. The molecule has 0 aliphatic rings. The van der Waals surface area contributed by atoms with Crippen molar-refractivity contribution in [3.63, 3.8) is 0 Å². The van der Waals surface area contributed by atoms with Crippen molar-refractivity contribution in [3.05, 3.63) is 57.6 Å². The first-order valence-corrected chi connectivity index (χ1v) is 8.52. The Morgan fingerprint density at radius 1 is 1.12 bits per heavy atom. The molecule has 0 saturated carbocycles. The van der Waals surface area contributed by atoms with E-state index in [9.17, 15) is 0 Å². The van der Waals surface area contributed by atoms with Gasteiger partial charge in [0.05, 0.1) is 12.1 Å². The van der Waals surface area contributed by atoms with Crippen molar-refractivity contribution in [3.8, 4) is 11.5 Å². The zero-order valence-corrected chi connectivity index (χ0v) is 15.8. The average Bonchev–Trinajstić information content (AvgIpc) is 3.05. The van der Waals surface area contributed by atoms with Crippen LogP contribution in [0.4, 0.5) is 5.95 Å². The molecule has 0 aliphatic heterocycles. The van der Waals surface area contributed by atoms with Gasteiger partial charge < -0.3 is 14.8 Å². The molecule has 0 fully saturated rings. The molecule has 0 saturated heterocycles. The van der Waals surface area contributed by atoms with Crippen LogP contribution < -0.4 is 14.8 Å². The minimum atomic E-state index is 0.357. The molecular formula is C17H17Cl2N5O2. The number of anilines is 1. The van der Waals surface area contributed by atoms with E-state index in [0.717, 1.165) is 11.1 Å². The van der Waals surface area contributed by atoms with E-state index >= 15 is 0 Å². The molecule has 0 bridgehead atoms. The number of aryl methyl sites for hydroxylation is 1. The molecule has 1 heterocycles. The van der Waals surface area contributed by atoms with Crippen molar-refractivity contribution in [1.29, 1.82) is 0 Å². The van der Waals surface area contributed by atoms with E-state index < -0.39 is 0 Å². The highest BCUT2D eigenvalue weighted by atomic mass is 35.5. The Kier molecular flexibility index (Phi) is 5.80. The number of ether oxygens (including phenoxy) is 2. The molecule has 0 radical (unpaired) electrons. The highest BCUT2D eigenvalue weighted by molar-refractivity contribution is 6.32. The van der Waals surface area contributed by atoms with Crippen LogP contribution in [-0.4, -0.2) is 27.3 Å². The van der Waals surface area contributed by atoms with Gasteiger partial charge in [-0.3, -0.25) is 0 Å². The van der Waals surface area contributed by atoms with Crippen LogP contribution in [0.1, 0.15) is 11.1 Å². The van der Waals surface area contributed by atoms with Crippen LogP contribution >= 0.6 is 23.2 Å². The normalized spacial score (nSPS) is 10.6. The lowest BCUT2D eigenvalue weighted by Crippen LogP contribution is -2.06. The molecule has 3 rings (SSSR count). The molecule has 1 aromatic heterocycles. The summed E-state index contributed by atoms with van der Waals surface area (Å²) >= 11 is 12.3. The summed E-state index contributed by atoms with van der Waals surface area (Å²) in [4.78, 5) is 0. The average molecular weight is 394 g/mol. The van der Waals surface area contributed by atoms with Gasteiger partial charge in [-0.15, -0.1) is 0 Å². The van der Waals surface area contributed by atoms with Gasteiger partial charge in [-0.1, -0.05) is 40.4 Å². The highest BCUT2D eigenvalue weighted by Gasteiger charge is 2.13. The van der Waals surface area contributed by atoms with Gasteiger partial charge >= 0.3 is 0 Å². The summed E-state index contributed by atoms with van der Waals surface area (Å²) in [6, 6.07) is 11.1. The summed E-state index contributed by atoms with van der Waals surface area (Å²) in [5.74, 6) is 1.61. The van der Waals surface area contributed by atoms with Crippen molar-refractivity contribution < 1.29 is 9.47 Å². The lowest BCUT2D eigenvalue weighted by molar-refractivity contribution is 0.284. The van der Waals surface area contributed by atoms with Crippen molar-refractivity contribution in [2.45, 2.75) is 13.2 Å². The van der Waals surface area contributed by atoms with Crippen molar-refractivity contribution in [2.75, 3.05) is 12.4 Å². The predicted molar refractivity (Wildman–Crippen MR) is 99.9 cm³/mol. The van der Waals surface area contributed by atoms with Gasteiger partial charge in [0.25, 0.3) is 0 Å². The van der Waals surface area contributed by atoms with Crippen LogP contribution in [0, 0.1) is 0 Å². The molecular weight excluding hydrogens is 377 g/mol. The molecule has 2 aromatic carbocycles. The quantitative estimate of drug-likeness (QED) is 0.659. The third-order valence-electron chi connectivity index (χ3n) is 3.66. The number of tetrazole rings is 1. The van der Waals surface area contributed by atoms with E-state index in [1.165, 1.54) is 0 Å². The number of nitrogens with zero attached hydrogens (tertiary/aromatic N) is 4. The molecule has 0 amide bonds. The Morgan fingerprint density at radius 2 is 1.88 bits per heavy atom. The van der Waals surface area contributed by atoms with Gasteiger partial charge in [-0.25, -0.2) is 4.68 Å². The maximum Gasteiger partial charge on any atom is 0.242 e. The number of rotatable bonds is 7. The van der Waals surface area contributed by atoms with Gasteiger partial charge in [0, 0.05) is 18.6 Å². The van der Waals surface area contributed by atoms with Gasteiger partial charge in [-0.2, -0.15) is 0 Å². The number of aromatic nitrogens is 4. The maximum absolute atomic E-state index is 6.40. The number of halogens is 2. The van der Waals surface area contributed by atoms with E-state index in [1.807, 2.05) is 36.4 Å². The van der Waals surface area contributed by atoms with Gasteiger partial charge in [-0.05, 0) is 45.8 Å². The number of hydrogen-bond acceptors (Lipinski definition) is 6. The summed E-state index contributed by atoms with van der Waals surface area (Å²) in [6.45, 7) is 0.844. The molecule has 26 heavy (non-hydrogen) atoms. The zero-order chi connectivity index (χ0) is 18.5. The fraction of sp³-hybridized carbons (Fsp3) is 0.235. The molecule has 0 aliphatic carbocycles. The third-order valence-corrected chi connectivity index (χ3v) is 4.19.